The van der Waals surface area contributed by atoms with Crippen LogP contribution in [0.1, 0.15) is 34.0 Å². The lowest BCUT2D eigenvalue weighted by Gasteiger charge is -2.25. The van der Waals surface area contributed by atoms with E-state index in [1.54, 1.807) is 0 Å². The number of aromatic nitrogens is 2. The molecule has 1 atom stereocenters. The van der Waals surface area contributed by atoms with Gasteiger partial charge in [-0.1, -0.05) is 12.1 Å². The first-order chi connectivity index (χ1) is 12.6. The van der Waals surface area contributed by atoms with Gasteiger partial charge >= 0.3 is 0 Å². The number of rotatable bonds is 3. The fourth-order valence-electron chi connectivity index (χ4n) is 3.86. The van der Waals surface area contributed by atoms with Gasteiger partial charge in [0.2, 0.25) is 0 Å². The molecule has 132 valence electrons. The van der Waals surface area contributed by atoms with Gasteiger partial charge in [0.25, 0.3) is 0 Å². The van der Waals surface area contributed by atoms with Crippen LogP contribution in [0, 0.1) is 18.3 Å². The summed E-state index contributed by atoms with van der Waals surface area (Å²) in [7, 11) is 2.16. The Hall–Kier alpha value is -2.68. The van der Waals surface area contributed by atoms with Crippen LogP contribution in [-0.2, 0) is 19.5 Å². The lowest BCUT2D eigenvalue weighted by molar-refractivity contribution is 0.308. The minimum atomic E-state index is -0.134. The van der Waals surface area contributed by atoms with Gasteiger partial charge in [-0.25, -0.2) is 4.98 Å². The van der Waals surface area contributed by atoms with Crippen LogP contribution in [0.3, 0.4) is 0 Å². The average Bonchev–Trinajstić information content (AvgIpc) is 2.94. The van der Waals surface area contributed by atoms with E-state index in [0.29, 0.717) is 12.1 Å². The molecule has 1 unspecified atom stereocenters. The second-order valence-corrected chi connectivity index (χ2v) is 7.25. The number of hydrogen-bond acceptors (Lipinski definition) is 4. The molecule has 4 rings (SSSR count). The van der Waals surface area contributed by atoms with Gasteiger partial charge in [0.15, 0.2) is 0 Å². The molecule has 0 saturated heterocycles. The summed E-state index contributed by atoms with van der Waals surface area (Å²) in [6.45, 7) is 4.78. The topological polar surface area (TPSA) is 70.9 Å². The van der Waals surface area contributed by atoms with Crippen molar-refractivity contribution in [1.29, 1.82) is 5.26 Å². The fraction of sp³-hybridized carbons (Fsp3) is 0.333. The molecule has 2 N–H and O–H groups in total. The van der Waals surface area contributed by atoms with E-state index < -0.39 is 0 Å². The Morgan fingerprint density at radius 3 is 2.81 bits per heavy atom. The fourth-order valence-corrected chi connectivity index (χ4v) is 3.86. The molecule has 3 heterocycles. The normalized spacial score (nSPS) is 15.6. The smallest absolute Gasteiger partial charge is 0.140 e. The molecule has 5 nitrogen and oxygen atoms in total. The highest BCUT2D eigenvalue weighted by Gasteiger charge is 2.24. The summed E-state index contributed by atoms with van der Waals surface area (Å²) < 4.78 is 2.31. The first kappa shape index (κ1) is 16.8. The molecule has 1 aliphatic heterocycles. The van der Waals surface area contributed by atoms with Gasteiger partial charge in [0.1, 0.15) is 5.65 Å². The highest BCUT2D eigenvalue weighted by atomic mass is 15.1. The Labute approximate surface area is 153 Å². The standard InChI is InChI=1S/C21H23N5/c1-14-9-17-18-12-25(2)8-7-20(18)26(21(17)24-11-14)13-19(23)16-5-3-15(10-22)4-6-16/h3-6,9,11,19H,7-8,12-13,23H2,1-2H3. The van der Waals surface area contributed by atoms with E-state index in [2.05, 4.69) is 35.6 Å². The first-order valence-corrected chi connectivity index (χ1v) is 8.97. The molecule has 0 aliphatic carbocycles. The van der Waals surface area contributed by atoms with Gasteiger partial charge in [-0.15, -0.1) is 0 Å². The largest absolute Gasteiger partial charge is 0.327 e. The molecular formula is C21H23N5. The van der Waals surface area contributed by atoms with Crippen LogP contribution in [0.2, 0.25) is 0 Å². The number of likely N-dealkylation sites (N-methyl/N-ethyl adjacent to an activating group) is 1. The molecule has 0 amide bonds. The van der Waals surface area contributed by atoms with Crippen LogP contribution in [-0.4, -0.2) is 28.0 Å². The van der Waals surface area contributed by atoms with Crippen molar-refractivity contribution in [1.82, 2.24) is 14.5 Å². The van der Waals surface area contributed by atoms with Crippen molar-refractivity contribution in [3.05, 3.63) is 64.5 Å². The van der Waals surface area contributed by atoms with Crippen LogP contribution in [0.5, 0.6) is 0 Å². The number of fused-ring (bicyclic) bond motifs is 3. The molecule has 3 aromatic rings. The quantitative estimate of drug-likeness (QED) is 0.792. The van der Waals surface area contributed by atoms with Gasteiger partial charge in [-0.3, -0.25) is 0 Å². The SMILES string of the molecule is Cc1cnc2c(c1)c1c(n2CC(N)c2ccc(C#N)cc2)CCN(C)C1. The van der Waals surface area contributed by atoms with Crippen molar-refractivity contribution < 1.29 is 0 Å². The maximum absolute atomic E-state index is 8.97. The molecule has 1 aliphatic rings. The van der Waals surface area contributed by atoms with Crippen molar-refractivity contribution in [2.75, 3.05) is 13.6 Å². The molecule has 0 bridgehead atoms. The Balaban J connectivity index is 1.75. The van der Waals surface area contributed by atoms with E-state index in [4.69, 9.17) is 16.0 Å². The summed E-state index contributed by atoms with van der Waals surface area (Å²) in [5, 5.41) is 10.2. The summed E-state index contributed by atoms with van der Waals surface area (Å²) >= 11 is 0. The van der Waals surface area contributed by atoms with Crippen LogP contribution in [0.25, 0.3) is 11.0 Å². The van der Waals surface area contributed by atoms with E-state index in [1.807, 2.05) is 30.5 Å². The van der Waals surface area contributed by atoms with Crippen molar-refractivity contribution in [2.45, 2.75) is 32.5 Å². The van der Waals surface area contributed by atoms with Crippen molar-refractivity contribution in [3.8, 4) is 6.07 Å². The number of nitrogens with two attached hydrogens (primary N) is 1. The Kier molecular flexibility index (Phi) is 4.23. The van der Waals surface area contributed by atoms with Crippen LogP contribution in [0.15, 0.2) is 36.5 Å². The third kappa shape index (κ3) is 2.88. The molecule has 0 spiro atoms. The second kappa shape index (κ2) is 6.56. The van der Waals surface area contributed by atoms with Gasteiger partial charge in [0, 0.05) is 49.4 Å². The zero-order valence-corrected chi connectivity index (χ0v) is 15.2. The molecular weight excluding hydrogens is 322 g/mol. The summed E-state index contributed by atoms with van der Waals surface area (Å²) in [4.78, 5) is 7.09. The monoisotopic (exact) mass is 345 g/mol. The summed E-state index contributed by atoms with van der Waals surface area (Å²) in [5.41, 5.74) is 13.2. The third-order valence-electron chi connectivity index (χ3n) is 5.26. The number of nitriles is 1. The first-order valence-electron chi connectivity index (χ1n) is 8.97. The predicted octanol–water partition coefficient (Wildman–Crippen LogP) is 2.90. The minimum Gasteiger partial charge on any atom is -0.327 e. The van der Waals surface area contributed by atoms with Gasteiger partial charge in [-0.2, -0.15) is 5.26 Å². The number of nitrogens with zero attached hydrogens (tertiary/aromatic N) is 4. The maximum atomic E-state index is 8.97. The number of benzene rings is 1. The van der Waals surface area contributed by atoms with E-state index in [0.717, 1.165) is 30.7 Å². The highest BCUT2D eigenvalue weighted by Crippen LogP contribution is 2.31. The van der Waals surface area contributed by atoms with Gasteiger partial charge < -0.3 is 15.2 Å². The number of hydrogen-bond donors (Lipinski definition) is 1. The average molecular weight is 345 g/mol. The number of aryl methyl sites for hydroxylation is 1. The molecule has 0 saturated carbocycles. The van der Waals surface area contributed by atoms with Gasteiger partial charge in [-0.05, 0) is 48.9 Å². The zero-order chi connectivity index (χ0) is 18.3. The van der Waals surface area contributed by atoms with Crippen LogP contribution < -0.4 is 5.73 Å². The van der Waals surface area contributed by atoms with Crippen molar-refractivity contribution in [2.24, 2.45) is 5.73 Å². The highest BCUT2D eigenvalue weighted by molar-refractivity contribution is 5.83. The van der Waals surface area contributed by atoms with Crippen LogP contribution in [0.4, 0.5) is 0 Å². The van der Waals surface area contributed by atoms with E-state index >= 15 is 0 Å². The number of pyridine rings is 1. The Morgan fingerprint density at radius 2 is 2.08 bits per heavy atom. The molecule has 26 heavy (non-hydrogen) atoms. The van der Waals surface area contributed by atoms with Gasteiger partial charge in [0.05, 0.1) is 11.6 Å². The Bertz CT molecular complexity index is 994. The van der Waals surface area contributed by atoms with E-state index in [-0.39, 0.29) is 6.04 Å². The van der Waals surface area contributed by atoms with E-state index in [1.165, 1.54) is 22.2 Å². The molecule has 0 radical (unpaired) electrons. The third-order valence-corrected chi connectivity index (χ3v) is 5.26. The summed E-state index contributed by atoms with van der Waals surface area (Å²) in [6, 6.07) is 11.8. The molecule has 1 aromatic carbocycles. The summed E-state index contributed by atoms with van der Waals surface area (Å²) in [6.07, 6.45) is 2.95. The van der Waals surface area contributed by atoms with Crippen LogP contribution >= 0.6 is 0 Å². The molecule has 5 heteroatoms. The molecule has 2 aromatic heterocycles. The lowest BCUT2D eigenvalue weighted by atomic mass is 10.0. The zero-order valence-electron chi connectivity index (χ0n) is 15.2. The van der Waals surface area contributed by atoms with Crippen molar-refractivity contribution >= 4 is 11.0 Å². The summed E-state index contributed by atoms with van der Waals surface area (Å²) in [5.74, 6) is 0. The predicted molar refractivity (Wildman–Crippen MR) is 103 cm³/mol. The van der Waals surface area contributed by atoms with Crippen molar-refractivity contribution in [3.63, 3.8) is 0 Å². The second-order valence-electron chi connectivity index (χ2n) is 7.25. The Morgan fingerprint density at radius 1 is 1.31 bits per heavy atom. The lowest BCUT2D eigenvalue weighted by Crippen LogP contribution is -2.28. The molecule has 0 fully saturated rings. The van der Waals surface area contributed by atoms with E-state index in [9.17, 15) is 0 Å². The maximum Gasteiger partial charge on any atom is 0.140 e. The minimum absolute atomic E-state index is 0.134.